The third-order valence-electron chi connectivity index (χ3n) is 10.1. The van der Waals surface area contributed by atoms with Gasteiger partial charge in [-0.1, -0.05) is 127 Å². The molecule has 2 aliphatic rings. The molecule has 0 saturated heterocycles. The molecule has 2 aromatic heterocycles. The fourth-order valence-corrected chi connectivity index (χ4v) is 8.02. The van der Waals surface area contributed by atoms with Crippen LogP contribution in [0.1, 0.15) is 6.04 Å². The highest BCUT2D eigenvalue weighted by atomic mass is 15.0. The molecule has 0 bridgehead atoms. The molecule has 2 atom stereocenters. The van der Waals surface area contributed by atoms with E-state index in [9.17, 15) is 0 Å². The van der Waals surface area contributed by atoms with Gasteiger partial charge in [-0.15, -0.1) is 0 Å². The molecule has 0 N–H and O–H groups in total. The van der Waals surface area contributed by atoms with Gasteiger partial charge in [0.2, 0.25) is 0 Å². The molecule has 2 unspecified atom stereocenters. The minimum Gasteiger partial charge on any atom is -0.332 e. The molecule has 2 heteroatoms. The number of benzene rings is 6. The zero-order valence-electron chi connectivity index (χ0n) is 25.2. The molecule has 0 saturated carbocycles. The third-order valence-corrected chi connectivity index (χ3v) is 10.1. The molecule has 2 heterocycles. The van der Waals surface area contributed by atoms with Gasteiger partial charge in [0.15, 0.2) is 0 Å². The maximum absolute atomic E-state index is 2.55. The highest BCUT2D eigenvalue weighted by molar-refractivity contribution is 6.13. The van der Waals surface area contributed by atoms with Crippen LogP contribution >= 0.6 is 0 Å². The molecule has 8 aromatic rings. The topological polar surface area (TPSA) is 9.86 Å². The maximum Gasteiger partial charge on any atom is 0.0629 e. The maximum atomic E-state index is 2.55. The quantitative estimate of drug-likeness (QED) is 0.195. The van der Waals surface area contributed by atoms with Gasteiger partial charge in [-0.25, -0.2) is 0 Å². The Labute approximate surface area is 267 Å². The molecule has 216 valence electrons. The first kappa shape index (κ1) is 25.5. The highest BCUT2D eigenvalue weighted by Gasteiger charge is 2.27. The lowest BCUT2D eigenvalue weighted by Crippen LogP contribution is -2.20. The number of para-hydroxylation sites is 2. The molecular weight excluding hydrogens is 556 g/mol. The molecule has 46 heavy (non-hydrogen) atoms. The van der Waals surface area contributed by atoms with Crippen LogP contribution in [0.25, 0.3) is 71.2 Å². The monoisotopic (exact) mass is 586 g/mol. The summed E-state index contributed by atoms with van der Waals surface area (Å²) in [5, 5.41) is 7.65. The summed E-state index contributed by atoms with van der Waals surface area (Å²) >= 11 is 0. The Morgan fingerprint density at radius 2 is 1.09 bits per heavy atom. The van der Waals surface area contributed by atoms with Crippen LogP contribution in [-0.2, 0) is 0 Å². The van der Waals surface area contributed by atoms with Crippen LogP contribution in [0.3, 0.4) is 0 Å². The second-order valence-corrected chi connectivity index (χ2v) is 12.5. The Kier molecular flexibility index (Phi) is 5.44. The standard InChI is InChI=1S/C44H30N2/c1-3-15-33-29(11-1)13-9-21-39(33)45-41-19-7-5-17-35(41)37-27-31(23-25-43(37)45)32-24-26-44-38(28-32)36-18-6-8-20-42(36)46(44)40-22-10-14-30-12-2-4-16-34(30)40/h1-28,33,39H. The van der Waals surface area contributed by atoms with Crippen LogP contribution in [-0.4, -0.2) is 9.13 Å². The van der Waals surface area contributed by atoms with Crippen molar-refractivity contribution in [2.24, 2.45) is 5.92 Å². The summed E-state index contributed by atoms with van der Waals surface area (Å²) in [6, 6.07) is 47.2. The first-order chi connectivity index (χ1) is 22.8. The van der Waals surface area contributed by atoms with Crippen molar-refractivity contribution in [1.82, 2.24) is 9.13 Å². The third kappa shape index (κ3) is 3.64. The summed E-state index contributed by atoms with van der Waals surface area (Å²) in [4.78, 5) is 0. The largest absolute Gasteiger partial charge is 0.332 e. The first-order valence-corrected chi connectivity index (χ1v) is 16.1. The van der Waals surface area contributed by atoms with Crippen LogP contribution in [0, 0.1) is 5.92 Å². The minimum absolute atomic E-state index is 0.228. The van der Waals surface area contributed by atoms with Crippen LogP contribution in [0.2, 0.25) is 0 Å². The van der Waals surface area contributed by atoms with Crippen molar-refractivity contribution in [2.45, 2.75) is 6.04 Å². The fraction of sp³-hybridized carbons (Fsp3) is 0.0455. The van der Waals surface area contributed by atoms with Gasteiger partial charge < -0.3 is 9.13 Å². The summed E-state index contributed by atoms with van der Waals surface area (Å²) in [5.74, 6) is 0.329. The number of nitrogens with zero attached hydrogens (tertiary/aromatic N) is 2. The molecule has 0 fully saturated rings. The van der Waals surface area contributed by atoms with Gasteiger partial charge >= 0.3 is 0 Å². The summed E-state index contributed by atoms with van der Waals surface area (Å²) in [6.45, 7) is 0. The van der Waals surface area contributed by atoms with E-state index >= 15 is 0 Å². The Morgan fingerprint density at radius 3 is 1.93 bits per heavy atom. The van der Waals surface area contributed by atoms with Gasteiger partial charge in [0, 0.05) is 43.9 Å². The van der Waals surface area contributed by atoms with E-state index in [1.807, 2.05) is 0 Å². The van der Waals surface area contributed by atoms with Crippen molar-refractivity contribution >= 4 is 54.4 Å². The predicted octanol–water partition coefficient (Wildman–Crippen LogP) is 11.5. The lowest BCUT2D eigenvalue weighted by atomic mass is 9.84. The fourth-order valence-electron chi connectivity index (χ4n) is 8.02. The smallest absolute Gasteiger partial charge is 0.0629 e. The minimum atomic E-state index is 0.228. The van der Waals surface area contributed by atoms with Crippen LogP contribution in [0.15, 0.2) is 175 Å². The van der Waals surface area contributed by atoms with Gasteiger partial charge in [0.05, 0.1) is 22.8 Å². The van der Waals surface area contributed by atoms with Gasteiger partial charge in [-0.05, 0) is 64.6 Å². The number of aromatic nitrogens is 2. The Balaban J connectivity index is 1.16. The molecule has 6 aromatic carbocycles. The van der Waals surface area contributed by atoms with Crippen molar-refractivity contribution < 1.29 is 0 Å². The summed E-state index contributed by atoms with van der Waals surface area (Å²) < 4.78 is 4.98. The zero-order valence-corrected chi connectivity index (χ0v) is 25.2. The summed E-state index contributed by atoms with van der Waals surface area (Å²) in [6.07, 6.45) is 15.8. The molecule has 2 aliphatic carbocycles. The molecule has 0 radical (unpaired) electrons. The number of rotatable bonds is 3. The number of hydrogen-bond donors (Lipinski definition) is 0. The Morgan fingerprint density at radius 1 is 0.457 bits per heavy atom. The first-order valence-electron chi connectivity index (χ1n) is 16.1. The molecule has 0 amide bonds. The molecular formula is C44H30N2. The normalized spacial score (nSPS) is 17.4. The van der Waals surface area contributed by atoms with E-state index in [0.717, 1.165) is 0 Å². The summed E-state index contributed by atoms with van der Waals surface area (Å²) in [7, 11) is 0. The number of hydrogen-bond acceptors (Lipinski definition) is 0. The predicted molar refractivity (Wildman–Crippen MR) is 195 cm³/mol. The van der Waals surface area contributed by atoms with E-state index in [-0.39, 0.29) is 6.04 Å². The second-order valence-electron chi connectivity index (χ2n) is 12.5. The van der Waals surface area contributed by atoms with E-state index in [0.29, 0.717) is 5.92 Å². The van der Waals surface area contributed by atoms with Crippen molar-refractivity contribution in [3.05, 3.63) is 175 Å². The van der Waals surface area contributed by atoms with Gasteiger partial charge in [-0.3, -0.25) is 0 Å². The number of fused-ring (bicyclic) bond motifs is 8. The summed E-state index contributed by atoms with van der Waals surface area (Å²) in [5.41, 5.74) is 10.1. The Bertz CT molecular complexity index is 2650. The Hall–Kier alpha value is -5.86. The zero-order chi connectivity index (χ0) is 30.2. The van der Waals surface area contributed by atoms with Crippen molar-refractivity contribution in [3.8, 4) is 16.8 Å². The SMILES string of the molecule is C1=CC2=CC=CC(n3c4ccccc4c4cc(-c5ccc6c(c5)c5ccccc5n6-c5cccc6ccccc56)ccc43)C2C=C1. The molecule has 10 rings (SSSR count). The molecule has 0 aliphatic heterocycles. The molecule has 0 spiro atoms. The van der Waals surface area contributed by atoms with E-state index in [1.54, 1.807) is 0 Å². The van der Waals surface area contributed by atoms with Crippen LogP contribution in [0.4, 0.5) is 0 Å². The highest BCUT2D eigenvalue weighted by Crippen LogP contribution is 2.42. The van der Waals surface area contributed by atoms with Crippen LogP contribution in [0.5, 0.6) is 0 Å². The molecule has 2 nitrogen and oxygen atoms in total. The average Bonchev–Trinajstić information content (AvgIpc) is 3.63. The van der Waals surface area contributed by atoms with E-state index < -0.39 is 0 Å². The second kappa shape index (κ2) is 9.82. The van der Waals surface area contributed by atoms with Gasteiger partial charge in [0.1, 0.15) is 0 Å². The van der Waals surface area contributed by atoms with Crippen LogP contribution < -0.4 is 0 Å². The average molecular weight is 587 g/mol. The van der Waals surface area contributed by atoms with E-state index in [2.05, 4.69) is 179 Å². The van der Waals surface area contributed by atoms with Gasteiger partial charge in [0.25, 0.3) is 0 Å². The number of allylic oxidation sites excluding steroid dienone is 8. The van der Waals surface area contributed by atoms with Gasteiger partial charge in [-0.2, -0.15) is 0 Å². The van der Waals surface area contributed by atoms with Crippen molar-refractivity contribution in [1.29, 1.82) is 0 Å². The van der Waals surface area contributed by atoms with E-state index in [1.165, 1.54) is 76.8 Å². The van der Waals surface area contributed by atoms with Crippen molar-refractivity contribution in [3.63, 3.8) is 0 Å². The lowest BCUT2D eigenvalue weighted by Gasteiger charge is -2.30. The lowest BCUT2D eigenvalue weighted by molar-refractivity contribution is 0.534. The van der Waals surface area contributed by atoms with E-state index in [4.69, 9.17) is 0 Å². The van der Waals surface area contributed by atoms with Crippen molar-refractivity contribution in [2.75, 3.05) is 0 Å².